The molecule has 6 heteroatoms. The van der Waals surface area contributed by atoms with E-state index in [9.17, 15) is 14.4 Å². The Morgan fingerprint density at radius 1 is 0.309 bits per heavy atom. The Morgan fingerprint density at radius 3 is 0.926 bits per heavy atom. The average molecular weight is 939 g/mol. The quantitative estimate of drug-likeness (QED) is 0.0262. The largest absolute Gasteiger partial charge is 0.462 e. The third-order valence-corrected chi connectivity index (χ3v) is 10.9. The maximum Gasteiger partial charge on any atom is 0.306 e. The van der Waals surface area contributed by atoms with E-state index in [4.69, 9.17) is 14.2 Å². The number of rotatable bonds is 47. The third kappa shape index (κ3) is 52.5. The molecule has 0 rings (SSSR count). The van der Waals surface area contributed by atoms with E-state index in [1.165, 1.54) is 32.1 Å². The molecule has 0 aromatic heterocycles. The molecule has 0 spiro atoms. The van der Waals surface area contributed by atoms with Crippen LogP contribution >= 0.6 is 0 Å². The SMILES string of the molecule is CC/C=C\C/C=C\C/C=C\C/C=C\C/C=C\CCCCCC(=O)OC[C@@H](COC(=O)CCCCCCC/C=C\CCCCC)OC(=O)CCCCC/C=C\C/C=C\C/C=C\C/C=C\C/C=C\CC. The zero-order valence-corrected chi connectivity index (χ0v) is 43.6. The van der Waals surface area contributed by atoms with Crippen LogP contribution in [0.5, 0.6) is 0 Å². The van der Waals surface area contributed by atoms with Crippen LogP contribution in [0.15, 0.2) is 134 Å². The molecule has 0 aromatic rings. The molecule has 0 aliphatic heterocycles. The Balaban J connectivity index is 4.53. The van der Waals surface area contributed by atoms with Gasteiger partial charge in [-0.05, 0) is 135 Å². The summed E-state index contributed by atoms with van der Waals surface area (Å²) in [4.78, 5) is 38.1. The highest BCUT2D eigenvalue weighted by molar-refractivity contribution is 5.71. The number of carbonyl (C=O) groups excluding carboxylic acids is 3. The Morgan fingerprint density at radius 2 is 0.574 bits per heavy atom. The van der Waals surface area contributed by atoms with Crippen LogP contribution in [0.4, 0.5) is 0 Å². The molecule has 0 saturated carbocycles. The van der Waals surface area contributed by atoms with Crippen LogP contribution in [-0.2, 0) is 28.6 Å². The van der Waals surface area contributed by atoms with Crippen molar-refractivity contribution in [3.63, 3.8) is 0 Å². The van der Waals surface area contributed by atoms with E-state index in [1.807, 2.05) is 0 Å². The predicted octanol–water partition coefficient (Wildman–Crippen LogP) is 18.3. The molecule has 0 unspecified atom stereocenters. The molecule has 0 N–H and O–H groups in total. The number of ether oxygens (including phenoxy) is 3. The first-order valence-electron chi connectivity index (χ1n) is 27.2. The molecule has 0 fully saturated rings. The van der Waals surface area contributed by atoms with Crippen LogP contribution in [0.2, 0.25) is 0 Å². The molecule has 0 bridgehead atoms. The molecular formula is C62H98O6. The van der Waals surface area contributed by atoms with Crippen molar-refractivity contribution in [1.29, 1.82) is 0 Å². The van der Waals surface area contributed by atoms with E-state index >= 15 is 0 Å². The molecule has 0 aliphatic carbocycles. The molecule has 1 atom stereocenters. The highest BCUT2D eigenvalue weighted by Gasteiger charge is 2.19. The minimum atomic E-state index is -0.818. The molecular weight excluding hydrogens is 841 g/mol. The average Bonchev–Trinajstić information content (AvgIpc) is 3.34. The maximum absolute atomic E-state index is 12.8. The van der Waals surface area contributed by atoms with Gasteiger partial charge < -0.3 is 14.2 Å². The summed E-state index contributed by atoms with van der Waals surface area (Å²) < 4.78 is 16.8. The summed E-state index contributed by atoms with van der Waals surface area (Å²) in [6.45, 7) is 6.31. The van der Waals surface area contributed by atoms with Gasteiger partial charge >= 0.3 is 17.9 Å². The summed E-state index contributed by atoms with van der Waals surface area (Å²) >= 11 is 0. The lowest BCUT2D eigenvalue weighted by Gasteiger charge is -2.18. The maximum atomic E-state index is 12.8. The van der Waals surface area contributed by atoms with Crippen LogP contribution in [0.3, 0.4) is 0 Å². The summed E-state index contributed by atoms with van der Waals surface area (Å²) in [5.74, 6) is -0.993. The van der Waals surface area contributed by atoms with Gasteiger partial charge in [0, 0.05) is 19.3 Å². The Labute approximate surface area is 417 Å². The second-order valence-electron chi connectivity index (χ2n) is 17.4. The fraction of sp³-hybridized carbons (Fsp3) is 0.597. The number of carbonyl (C=O) groups is 3. The van der Waals surface area contributed by atoms with E-state index in [0.29, 0.717) is 19.3 Å². The number of allylic oxidation sites excluding steroid dienone is 22. The molecule has 0 aromatic carbocycles. The predicted molar refractivity (Wildman–Crippen MR) is 292 cm³/mol. The van der Waals surface area contributed by atoms with Crippen molar-refractivity contribution in [3.8, 4) is 0 Å². The minimum Gasteiger partial charge on any atom is -0.462 e. The van der Waals surface area contributed by atoms with Gasteiger partial charge in [0.05, 0.1) is 0 Å². The molecule has 6 nitrogen and oxygen atoms in total. The molecule has 0 amide bonds. The van der Waals surface area contributed by atoms with E-state index < -0.39 is 6.10 Å². The molecule has 0 aliphatic rings. The van der Waals surface area contributed by atoms with Crippen molar-refractivity contribution in [2.75, 3.05) is 13.2 Å². The summed E-state index contributed by atoms with van der Waals surface area (Å²) in [7, 11) is 0. The van der Waals surface area contributed by atoms with Gasteiger partial charge in [0.25, 0.3) is 0 Å². The number of hydrogen-bond donors (Lipinski definition) is 0. The van der Waals surface area contributed by atoms with Gasteiger partial charge in [-0.25, -0.2) is 0 Å². The highest BCUT2D eigenvalue weighted by Crippen LogP contribution is 2.12. The smallest absolute Gasteiger partial charge is 0.306 e. The van der Waals surface area contributed by atoms with Crippen LogP contribution in [0, 0.1) is 0 Å². The van der Waals surface area contributed by atoms with Gasteiger partial charge in [-0.3, -0.25) is 14.4 Å². The number of hydrogen-bond acceptors (Lipinski definition) is 6. The summed E-state index contributed by atoms with van der Waals surface area (Å²) in [5, 5.41) is 0. The first-order chi connectivity index (χ1) is 33.5. The molecule has 0 saturated heterocycles. The third-order valence-electron chi connectivity index (χ3n) is 10.9. The second kappa shape index (κ2) is 55.1. The van der Waals surface area contributed by atoms with E-state index in [2.05, 4.69) is 154 Å². The highest BCUT2D eigenvalue weighted by atomic mass is 16.6. The minimum absolute atomic E-state index is 0.111. The van der Waals surface area contributed by atoms with Crippen LogP contribution in [-0.4, -0.2) is 37.2 Å². The molecule has 68 heavy (non-hydrogen) atoms. The lowest BCUT2D eigenvalue weighted by molar-refractivity contribution is -0.167. The fourth-order valence-electron chi connectivity index (χ4n) is 6.84. The first-order valence-corrected chi connectivity index (χ1v) is 27.2. The summed E-state index contributed by atoms with van der Waals surface area (Å²) in [6.07, 6.45) is 77.2. The van der Waals surface area contributed by atoms with Crippen molar-refractivity contribution < 1.29 is 28.6 Å². The van der Waals surface area contributed by atoms with Crippen LogP contribution in [0.1, 0.15) is 220 Å². The molecule has 382 valence electrons. The van der Waals surface area contributed by atoms with E-state index in [1.54, 1.807) is 0 Å². The monoisotopic (exact) mass is 939 g/mol. The van der Waals surface area contributed by atoms with Crippen LogP contribution in [0.25, 0.3) is 0 Å². The van der Waals surface area contributed by atoms with Crippen molar-refractivity contribution in [3.05, 3.63) is 134 Å². The van der Waals surface area contributed by atoms with Gasteiger partial charge in [-0.15, -0.1) is 0 Å². The van der Waals surface area contributed by atoms with Gasteiger partial charge in [0.1, 0.15) is 13.2 Å². The Kier molecular flexibility index (Phi) is 51.5. The fourth-order valence-corrected chi connectivity index (χ4v) is 6.84. The topological polar surface area (TPSA) is 78.9 Å². The normalized spacial score (nSPS) is 13.2. The zero-order valence-electron chi connectivity index (χ0n) is 43.6. The number of esters is 3. The second-order valence-corrected chi connectivity index (χ2v) is 17.4. The van der Waals surface area contributed by atoms with Gasteiger partial charge in [0.15, 0.2) is 6.10 Å². The molecule has 0 radical (unpaired) electrons. The molecule has 0 heterocycles. The summed E-state index contributed by atoms with van der Waals surface area (Å²) in [6, 6.07) is 0. The van der Waals surface area contributed by atoms with Crippen molar-refractivity contribution in [2.45, 2.75) is 226 Å². The summed E-state index contributed by atoms with van der Waals surface area (Å²) in [5.41, 5.74) is 0. The van der Waals surface area contributed by atoms with Crippen molar-refractivity contribution >= 4 is 17.9 Å². The zero-order chi connectivity index (χ0) is 49.3. The standard InChI is InChI=1S/C62H98O6/c1-4-7-10-13-16-19-22-25-27-29-31-33-35-37-40-43-46-49-52-55-61(64)67-58-59(57-66-60(63)54-51-48-45-42-39-24-21-18-15-12-9-6-3)68-62(65)56-53-50-47-44-41-38-36-34-32-30-28-26-23-20-17-14-11-8-5-2/h7-8,10-11,16-21,25-28,31-34,37-38,40-41,59H,4-6,9,12-15,22-24,29-30,35-36,39,42-58H2,1-3H3/b10-7-,11-8-,19-16-,20-17-,21-18-,27-25-,28-26-,33-31-,34-32-,40-37-,41-38-/t59-/m1/s1. The van der Waals surface area contributed by atoms with Crippen molar-refractivity contribution in [1.82, 2.24) is 0 Å². The Bertz CT molecular complexity index is 1500. The number of unbranched alkanes of at least 4 members (excludes halogenated alkanes) is 14. The van der Waals surface area contributed by atoms with E-state index in [-0.39, 0.29) is 37.5 Å². The lowest BCUT2D eigenvalue weighted by Crippen LogP contribution is -2.30. The van der Waals surface area contributed by atoms with Crippen molar-refractivity contribution in [2.24, 2.45) is 0 Å². The Hall–Kier alpha value is -4.45. The first kappa shape index (κ1) is 63.5. The lowest BCUT2D eigenvalue weighted by atomic mass is 10.1. The van der Waals surface area contributed by atoms with Gasteiger partial charge in [-0.1, -0.05) is 199 Å². The van der Waals surface area contributed by atoms with E-state index in [0.717, 1.165) is 141 Å². The van der Waals surface area contributed by atoms with Gasteiger partial charge in [0.2, 0.25) is 0 Å². The van der Waals surface area contributed by atoms with Crippen LogP contribution < -0.4 is 0 Å². The van der Waals surface area contributed by atoms with Gasteiger partial charge in [-0.2, -0.15) is 0 Å².